The van der Waals surface area contributed by atoms with Gasteiger partial charge in [-0.1, -0.05) is 39.0 Å². The zero-order valence-electron chi connectivity index (χ0n) is 15.4. The van der Waals surface area contributed by atoms with Crippen LogP contribution >= 0.6 is 0 Å². The third-order valence-corrected chi connectivity index (χ3v) is 2.08. The van der Waals surface area contributed by atoms with Crippen molar-refractivity contribution in [1.82, 2.24) is 0 Å². The van der Waals surface area contributed by atoms with Gasteiger partial charge in [-0.05, 0) is 19.3 Å². The second-order valence-electron chi connectivity index (χ2n) is 5.01. The Labute approximate surface area is 164 Å². The van der Waals surface area contributed by atoms with Gasteiger partial charge in [-0.25, -0.2) is 12.2 Å². The molecule has 0 aromatic rings. The van der Waals surface area contributed by atoms with Gasteiger partial charge < -0.3 is 15.3 Å². The van der Waals surface area contributed by atoms with Crippen LogP contribution in [0.2, 0.25) is 0 Å². The molecule has 0 saturated carbocycles. The fraction of sp³-hybridized carbons (Fsp3) is 0.500. The Bertz CT molecular complexity index is 276. The zero-order valence-corrected chi connectivity index (χ0v) is 16.9. The van der Waals surface area contributed by atoms with Crippen molar-refractivity contribution in [3.05, 3.63) is 62.3 Å². The molecular weight excluding hydrogens is 336 g/mol. The Morgan fingerprint density at radius 2 is 1.21 bits per heavy atom. The van der Waals surface area contributed by atoms with Gasteiger partial charge in [0.1, 0.15) is 0 Å². The van der Waals surface area contributed by atoms with Crippen LogP contribution in [0.1, 0.15) is 46.5 Å². The molecule has 1 aliphatic carbocycles. The van der Waals surface area contributed by atoms with Crippen LogP contribution in [0.5, 0.6) is 0 Å². The van der Waals surface area contributed by atoms with Crippen molar-refractivity contribution >= 4 is 0 Å². The first-order chi connectivity index (χ1) is 10.8. The number of rotatable bonds is 6. The van der Waals surface area contributed by atoms with E-state index in [1.165, 1.54) is 0 Å². The van der Waals surface area contributed by atoms with Crippen LogP contribution in [0, 0.1) is 6.08 Å². The summed E-state index contributed by atoms with van der Waals surface area (Å²) in [5.41, 5.74) is 0. The van der Waals surface area contributed by atoms with E-state index in [4.69, 9.17) is 0 Å². The first-order valence-corrected chi connectivity index (χ1v) is 7.83. The quantitative estimate of drug-likeness (QED) is 0.410. The maximum absolute atomic E-state index is 10.1. The van der Waals surface area contributed by atoms with Crippen molar-refractivity contribution in [3.8, 4) is 0 Å². The van der Waals surface area contributed by atoms with Crippen molar-refractivity contribution in [2.45, 2.75) is 64.8 Å². The second-order valence-corrected chi connectivity index (χ2v) is 5.01. The molecule has 0 N–H and O–H groups in total. The van der Waals surface area contributed by atoms with E-state index in [1.54, 1.807) is 39.0 Å². The van der Waals surface area contributed by atoms with Gasteiger partial charge >= 0.3 is 21.7 Å². The summed E-state index contributed by atoms with van der Waals surface area (Å²) in [5.74, 6) is 0. The summed E-state index contributed by atoms with van der Waals surface area (Å²) >= 11 is 0. The van der Waals surface area contributed by atoms with E-state index >= 15 is 0 Å². The molecule has 0 aromatic carbocycles. The molecule has 0 aromatic heterocycles. The van der Waals surface area contributed by atoms with Gasteiger partial charge in [-0.15, -0.1) is 44.5 Å². The number of allylic oxidation sites excluding steroid dienone is 4. The fourth-order valence-corrected chi connectivity index (χ4v) is 1.04. The molecule has 0 bridgehead atoms. The smallest absolute Gasteiger partial charge is 0.852 e. The summed E-state index contributed by atoms with van der Waals surface area (Å²) in [4.78, 5) is 0. The molecule has 1 aliphatic rings. The van der Waals surface area contributed by atoms with E-state index in [2.05, 4.69) is 31.9 Å². The summed E-state index contributed by atoms with van der Waals surface area (Å²) in [6.07, 6.45) is 15.2. The van der Waals surface area contributed by atoms with Gasteiger partial charge in [0.15, 0.2) is 0 Å². The molecule has 3 unspecified atom stereocenters. The first-order valence-electron chi connectivity index (χ1n) is 7.83. The summed E-state index contributed by atoms with van der Waals surface area (Å²) in [7, 11) is 0. The van der Waals surface area contributed by atoms with Gasteiger partial charge in [0.05, 0.1) is 0 Å². The Hall–Kier alpha value is -0.706. The van der Waals surface area contributed by atoms with Crippen LogP contribution in [0.4, 0.5) is 0 Å². The monoisotopic (exact) mass is 368 g/mol. The van der Waals surface area contributed by atoms with E-state index in [1.807, 2.05) is 12.2 Å². The summed E-state index contributed by atoms with van der Waals surface area (Å²) in [5, 5.41) is 30.2. The van der Waals surface area contributed by atoms with Gasteiger partial charge in [-0.2, -0.15) is 6.08 Å². The minimum Gasteiger partial charge on any atom is -0.852 e. The predicted octanol–water partition coefficient (Wildman–Crippen LogP) is 2.24. The number of hydrogen-bond donors (Lipinski definition) is 0. The maximum atomic E-state index is 10.1. The zero-order chi connectivity index (χ0) is 18.5. The molecule has 24 heavy (non-hydrogen) atoms. The molecule has 3 atom stereocenters. The molecule has 0 aliphatic heterocycles. The third kappa shape index (κ3) is 49.6. The molecule has 0 amide bonds. The van der Waals surface area contributed by atoms with Gasteiger partial charge in [0.2, 0.25) is 0 Å². The SMILES string of the molecule is C=CCC(C)[O-].C=CCC(C)[O-].C=CCC(C)[O-].[C-]1=CC=CC1.[Ti+4]. The van der Waals surface area contributed by atoms with Crippen molar-refractivity contribution in [1.29, 1.82) is 0 Å². The average molecular weight is 368 g/mol. The van der Waals surface area contributed by atoms with Crippen LogP contribution in [0.3, 0.4) is 0 Å². The number of hydrogen-bond acceptors (Lipinski definition) is 3. The van der Waals surface area contributed by atoms with Crippen LogP contribution in [0.25, 0.3) is 0 Å². The van der Waals surface area contributed by atoms with E-state index in [0.29, 0.717) is 19.3 Å². The topological polar surface area (TPSA) is 69.2 Å². The van der Waals surface area contributed by atoms with Crippen LogP contribution in [0.15, 0.2) is 56.2 Å². The summed E-state index contributed by atoms with van der Waals surface area (Å²) < 4.78 is 0. The first kappa shape index (κ1) is 31.1. The molecule has 0 saturated heterocycles. The molecule has 0 heterocycles. The molecule has 134 valence electrons. The Morgan fingerprint density at radius 1 is 0.875 bits per heavy atom. The van der Waals surface area contributed by atoms with Crippen LogP contribution in [-0.2, 0) is 21.7 Å². The summed E-state index contributed by atoms with van der Waals surface area (Å²) in [6, 6.07) is 0. The largest absolute Gasteiger partial charge is 4.00 e. The standard InChI is InChI=1S/3C5H9O.C5H5.Ti/c3*1-3-4-5(2)6;1-2-4-5-3-1;/h3*3,5H,1,4H2,2H3;1-3H,4H2;/q4*-1;+4. The average Bonchev–Trinajstić information content (AvgIpc) is 2.98. The van der Waals surface area contributed by atoms with Gasteiger partial charge in [0.25, 0.3) is 0 Å². The normalized spacial score (nSPS) is 13.9. The van der Waals surface area contributed by atoms with Crippen molar-refractivity contribution in [3.63, 3.8) is 0 Å². The van der Waals surface area contributed by atoms with Gasteiger partial charge in [0, 0.05) is 0 Å². The molecule has 0 radical (unpaired) electrons. The Kier molecular flexibility index (Phi) is 35.2. The predicted molar refractivity (Wildman–Crippen MR) is 94.4 cm³/mol. The minimum atomic E-state index is -0.470. The van der Waals surface area contributed by atoms with E-state index in [9.17, 15) is 15.3 Å². The molecular formula is C20H32O3Ti. The fourth-order valence-electron chi connectivity index (χ4n) is 1.04. The summed E-state index contributed by atoms with van der Waals surface area (Å²) in [6.45, 7) is 15.1. The van der Waals surface area contributed by atoms with Crippen molar-refractivity contribution in [2.24, 2.45) is 0 Å². The van der Waals surface area contributed by atoms with Crippen molar-refractivity contribution < 1.29 is 37.0 Å². The van der Waals surface area contributed by atoms with Crippen molar-refractivity contribution in [2.75, 3.05) is 0 Å². The molecule has 0 spiro atoms. The molecule has 1 rings (SSSR count). The molecule has 0 fully saturated rings. The van der Waals surface area contributed by atoms with Crippen LogP contribution < -0.4 is 15.3 Å². The van der Waals surface area contributed by atoms with Gasteiger partial charge in [-0.3, -0.25) is 6.08 Å². The van der Waals surface area contributed by atoms with Crippen LogP contribution in [-0.4, -0.2) is 18.3 Å². The third-order valence-electron chi connectivity index (χ3n) is 2.08. The van der Waals surface area contributed by atoms with E-state index in [-0.39, 0.29) is 21.7 Å². The Morgan fingerprint density at radius 3 is 1.25 bits per heavy atom. The molecule has 3 nitrogen and oxygen atoms in total. The van der Waals surface area contributed by atoms with E-state index < -0.39 is 18.3 Å². The Balaban J connectivity index is -0.000000110. The molecule has 4 heteroatoms. The maximum Gasteiger partial charge on any atom is 4.00 e. The second kappa shape index (κ2) is 27.2. The van der Waals surface area contributed by atoms with E-state index in [0.717, 1.165) is 6.42 Å². The minimum absolute atomic E-state index is 0.